The molecular weight excluding hydrogens is 208 g/mol. The Balaban J connectivity index is 2.40. The van der Waals surface area contributed by atoms with E-state index in [9.17, 15) is 9.59 Å². The summed E-state index contributed by atoms with van der Waals surface area (Å²) in [5.41, 5.74) is 0. The smallest absolute Gasteiger partial charge is 0.249 e. The summed E-state index contributed by atoms with van der Waals surface area (Å²) in [5.74, 6) is -0.0848. The predicted molar refractivity (Wildman–Crippen MR) is 59.9 cm³/mol. The minimum Gasteiger partial charge on any atom is -0.372 e. The molecule has 0 aromatic heterocycles. The van der Waals surface area contributed by atoms with E-state index in [0.29, 0.717) is 13.2 Å². The van der Waals surface area contributed by atoms with Gasteiger partial charge in [-0.3, -0.25) is 9.59 Å². The summed E-state index contributed by atoms with van der Waals surface area (Å²) in [5, 5.41) is 0. The molecule has 16 heavy (non-hydrogen) atoms. The van der Waals surface area contributed by atoms with Crippen LogP contribution < -0.4 is 0 Å². The van der Waals surface area contributed by atoms with Crippen LogP contribution in [0.3, 0.4) is 0 Å². The Morgan fingerprint density at radius 1 is 1.44 bits per heavy atom. The van der Waals surface area contributed by atoms with Crippen LogP contribution in [0.25, 0.3) is 0 Å². The zero-order chi connectivity index (χ0) is 12.0. The highest BCUT2D eigenvalue weighted by Crippen LogP contribution is 2.03. The van der Waals surface area contributed by atoms with Crippen LogP contribution >= 0.6 is 0 Å². The normalized spacial score (nSPS) is 17.5. The van der Waals surface area contributed by atoms with E-state index >= 15 is 0 Å². The molecule has 0 spiro atoms. The molecule has 0 aromatic carbocycles. The molecule has 1 fully saturated rings. The van der Waals surface area contributed by atoms with Crippen LogP contribution in [0.1, 0.15) is 19.8 Å². The lowest BCUT2D eigenvalue weighted by Crippen LogP contribution is -2.39. The average molecular weight is 228 g/mol. The molecule has 0 radical (unpaired) electrons. The van der Waals surface area contributed by atoms with E-state index in [-0.39, 0.29) is 25.0 Å². The first-order valence-corrected chi connectivity index (χ1v) is 5.74. The van der Waals surface area contributed by atoms with Gasteiger partial charge in [0.15, 0.2) is 0 Å². The van der Waals surface area contributed by atoms with E-state index < -0.39 is 0 Å². The van der Waals surface area contributed by atoms with Crippen molar-refractivity contribution in [2.75, 3.05) is 39.9 Å². The van der Waals surface area contributed by atoms with Gasteiger partial charge >= 0.3 is 0 Å². The molecule has 0 aliphatic carbocycles. The van der Waals surface area contributed by atoms with E-state index in [2.05, 4.69) is 0 Å². The molecule has 1 aliphatic heterocycles. The van der Waals surface area contributed by atoms with Gasteiger partial charge in [-0.1, -0.05) is 6.92 Å². The van der Waals surface area contributed by atoms with Crippen LogP contribution in [-0.2, 0) is 14.3 Å². The second kappa shape index (κ2) is 6.48. The first-order valence-electron chi connectivity index (χ1n) is 5.74. The van der Waals surface area contributed by atoms with Gasteiger partial charge < -0.3 is 14.5 Å². The second-order valence-electron chi connectivity index (χ2n) is 4.04. The van der Waals surface area contributed by atoms with Gasteiger partial charge in [-0.15, -0.1) is 0 Å². The number of carbonyl (C=O) groups is 2. The molecule has 0 atom stereocenters. The van der Waals surface area contributed by atoms with Crippen LogP contribution in [0.4, 0.5) is 0 Å². The number of rotatable bonds is 4. The Bertz CT molecular complexity index is 256. The van der Waals surface area contributed by atoms with Gasteiger partial charge in [-0.25, -0.2) is 0 Å². The SMILES string of the molecule is CCCOCC(=O)N1CCCN(C)C(=O)C1. The molecular formula is C11H20N2O3. The van der Waals surface area contributed by atoms with Crippen molar-refractivity contribution < 1.29 is 14.3 Å². The molecule has 0 bridgehead atoms. The monoisotopic (exact) mass is 228 g/mol. The Kier molecular flexibility index (Phi) is 5.25. The van der Waals surface area contributed by atoms with Crippen molar-refractivity contribution in [1.29, 1.82) is 0 Å². The third kappa shape index (κ3) is 3.81. The molecule has 92 valence electrons. The number of nitrogens with zero attached hydrogens (tertiary/aromatic N) is 2. The summed E-state index contributed by atoms with van der Waals surface area (Å²) in [7, 11) is 1.77. The highest BCUT2D eigenvalue weighted by molar-refractivity contribution is 5.85. The molecule has 1 rings (SSSR count). The van der Waals surface area contributed by atoms with Crippen molar-refractivity contribution in [2.24, 2.45) is 0 Å². The van der Waals surface area contributed by atoms with Crippen LogP contribution in [0.2, 0.25) is 0 Å². The van der Waals surface area contributed by atoms with Crippen molar-refractivity contribution in [3.8, 4) is 0 Å². The number of hydrogen-bond acceptors (Lipinski definition) is 3. The van der Waals surface area contributed by atoms with Gasteiger partial charge in [0.25, 0.3) is 0 Å². The molecule has 0 aromatic rings. The van der Waals surface area contributed by atoms with E-state index in [0.717, 1.165) is 19.4 Å². The fraction of sp³-hybridized carbons (Fsp3) is 0.818. The van der Waals surface area contributed by atoms with Gasteiger partial charge in [0.1, 0.15) is 6.61 Å². The predicted octanol–water partition coefficient (Wildman–Crippen LogP) is 0.104. The van der Waals surface area contributed by atoms with Gasteiger partial charge in [0.2, 0.25) is 11.8 Å². The van der Waals surface area contributed by atoms with E-state index in [1.54, 1.807) is 16.8 Å². The van der Waals surface area contributed by atoms with Crippen LogP contribution in [-0.4, -0.2) is 61.5 Å². The summed E-state index contributed by atoms with van der Waals surface area (Å²) in [6, 6.07) is 0. The molecule has 0 N–H and O–H groups in total. The minimum atomic E-state index is -0.0860. The topological polar surface area (TPSA) is 49.9 Å². The molecule has 0 unspecified atom stereocenters. The van der Waals surface area contributed by atoms with Crippen molar-refractivity contribution >= 4 is 11.8 Å². The average Bonchev–Trinajstić information content (AvgIpc) is 2.42. The van der Waals surface area contributed by atoms with Gasteiger partial charge in [-0.05, 0) is 12.8 Å². The lowest BCUT2D eigenvalue weighted by atomic mass is 10.4. The van der Waals surface area contributed by atoms with E-state index in [1.807, 2.05) is 6.92 Å². The molecule has 1 saturated heterocycles. The maximum absolute atomic E-state index is 11.7. The maximum Gasteiger partial charge on any atom is 0.249 e. The molecule has 1 heterocycles. The van der Waals surface area contributed by atoms with Gasteiger partial charge in [-0.2, -0.15) is 0 Å². The Morgan fingerprint density at radius 2 is 2.19 bits per heavy atom. The van der Waals surface area contributed by atoms with Crippen molar-refractivity contribution in [3.63, 3.8) is 0 Å². The summed E-state index contributed by atoms with van der Waals surface area (Å²) < 4.78 is 5.18. The third-order valence-electron chi connectivity index (χ3n) is 2.60. The molecule has 2 amide bonds. The number of ether oxygens (including phenoxy) is 1. The standard InChI is InChI=1S/C11H20N2O3/c1-3-7-16-9-11(15)13-6-4-5-12(2)10(14)8-13/h3-9H2,1-2H3. The first kappa shape index (κ1) is 13.0. The Morgan fingerprint density at radius 3 is 2.88 bits per heavy atom. The number of hydrogen-bond donors (Lipinski definition) is 0. The number of amides is 2. The van der Waals surface area contributed by atoms with Crippen molar-refractivity contribution in [3.05, 3.63) is 0 Å². The Hall–Kier alpha value is -1.10. The quantitative estimate of drug-likeness (QED) is 0.641. The van der Waals surface area contributed by atoms with Crippen molar-refractivity contribution in [1.82, 2.24) is 9.80 Å². The fourth-order valence-corrected chi connectivity index (χ4v) is 1.59. The summed E-state index contributed by atoms with van der Waals surface area (Å²) in [6.07, 6.45) is 1.73. The summed E-state index contributed by atoms with van der Waals surface area (Å²) in [6.45, 7) is 4.22. The largest absolute Gasteiger partial charge is 0.372 e. The number of carbonyl (C=O) groups excluding carboxylic acids is 2. The third-order valence-corrected chi connectivity index (χ3v) is 2.60. The summed E-state index contributed by atoms with van der Waals surface area (Å²) >= 11 is 0. The highest BCUT2D eigenvalue weighted by Gasteiger charge is 2.22. The minimum absolute atomic E-state index is 0.00124. The second-order valence-corrected chi connectivity index (χ2v) is 4.04. The van der Waals surface area contributed by atoms with Crippen LogP contribution in [0.15, 0.2) is 0 Å². The number of likely N-dealkylation sites (N-methyl/N-ethyl adjacent to an activating group) is 1. The van der Waals surface area contributed by atoms with E-state index in [1.165, 1.54) is 0 Å². The van der Waals surface area contributed by atoms with Gasteiger partial charge in [0, 0.05) is 26.7 Å². The Labute approximate surface area is 96.3 Å². The van der Waals surface area contributed by atoms with Crippen LogP contribution in [0, 0.1) is 0 Å². The lowest BCUT2D eigenvalue weighted by Gasteiger charge is -2.19. The zero-order valence-electron chi connectivity index (χ0n) is 10.1. The van der Waals surface area contributed by atoms with E-state index in [4.69, 9.17) is 4.74 Å². The summed E-state index contributed by atoms with van der Waals surface area (Å²) in [4.78, 5) is 26.5. The lowest BCUT2D eigenvalue weighted by molar-refractivity contribution is -0.141. The molecule has 5 nitrogen and oxygen atoms in total. The van der Waals surface area contributed by atoms with Gasteiger partial charge in [0.05, 0.1) is 6.54 Å². The first-order chi connectivity index (χ1) is 7.65. The zero-order valence-corrected chi connectivity index (χ0v) is 10.1. The molecule has 1 aliphatic rings. The fourth-order valence-electron chi connectivity index (χ4n) is 1.59. The molecule has 5 heteroatoms. The highest BCUT2D eigenvalue weighted by atomic mass is 16.5. The van der Waals surface area contributed by atoms with Crippen molar-refractivity contribution in [2.45, 2.75) is 19.8 Å². The maximum atomic E-state index is 11.7. The van der Waals surface area contributed by atoms with Crippen LogP contribution in [0.5, 0.6) is 0 Å². The molecule has 0 saturated carbocycles.